The Bertz CT molecular complexity index is 223. The van der Waals surface area contributed by atoms with Gasteiger partial charge in [0.15, 0.2) is 0 Å². The van der Waals surface area contributed by atoms with Crippen LogP contribution in [-0.4, -0.2) is 33.5 Å². The molecule has 0 unspecified atom stereocenters. The first-order valence-corrected chi connectivity index (χ1v) is 7.90. The molecule has 1 rings (SSSR count). The highest BCUT2D eigenvalue weighted by molar-refractivity contribution is 4.87. The van der Waals surface area contributed by atoms with Crippen molar-refractivity contribution in [3.05, 3.63) is 0 Å². The Hall–Kier alpha value is -0.120. The van der Waals surface area contributed by atoms with E-state index in [1.54, 1.807) is 7.11 Å². The van der Waals surface area contributed by atoms with Crippen LogP contribution in [0.1, 0.15) is 52.4 Å². The summed E-state index contributed by atoms with van der Waals surface area (Å²) in [7, 11) is 1.73. The van der Waals surface area contributed by atoms with Gasteiger partial charge >= 0.3 is 0 Å². The molecular formula is C16H33NO2. The van der Waals surface area contributed by atoms with Gasteiger partial charge in [0, 0.05) is 26.9 Å². The first kappa shape index (κ1) is 16.9. The smallest absolute Gasteiger partial charge is 0.0487 e. The average molecular weight is 271 g/mol. The maximum atomic E-state index is 6.05. The van der Waals surface area contributed by atoms with Crippen LogP contribution in [-0.2, 0) is 9.47 Å². The summed E-state index contributed by atoms with van der Waals surface area (Å²) < 4.78 is 10.7. The first-order chi connectivity index (χ1) is 9.13. The third-order valence-corrected chi connectivity index (χ3v) is 4.88. The Labute approximate surface area is 119 Å². The van der Waals surface area contributed by atoms with Crippen LogP contribution >= 0.6 is 0 Å². The summed E-state index contributed by atoms with van der Waals surface area (Å²) in [4.78, 5) is 0. The second kappa shape index (κ2) is 8.93. The van der Waals surface area contributed by atoms with Gasteiger partial charge in [-0.2, -0.15) is 0 Å². The molecule has 114 valence electrons. The molecule has 0 aromatic carbocycles. The Balaban J connectivity index is 2.22. The van der Waals surface area contributed by atoms with Crippen LogP contribution in [0.25, 0.3) is 0 Å². The van der Waals surface area contributed by atoms with Gasteiger partial charge in [0.2, 0.25) is 0 Å². The van der Waals surface area contributed by atoms with Crippen LogP contribution in [0.5, 0.6) is 0 Å². The molecule has 0 spiro atoms. The molecule has 0 heterocycles. The SMILES string of the molecule is COCCCOCCC1(CN)CCC(C(C)C)CC1. The van der Waals surface area contributed by atoms with Crippen molar-refractivity contribution < 1.29 is 9.47 Å². The number of rotatable bonds is 9. The quantitative estimate of drug-likeness (QED) is 0.655. The Morgan fingerprint density at radius 2 is 1.84 bits per heavy atom. The van der Waals surface area contributed by atoms with E-state index in [1.165, 1.54) is 25.7 Å². The first-order valence-electron chi connectivity index (χ1n) is 7.90. The molecule has 1 aliphatic carbocycles. The van der Waals surface area contributed by atoms with Crippen LogP contribution in [0.4, 0.5) is 0 Å². The fourth-order valence-corrected chi connectivity index (χ4v) is 3.17. The maximum absolute atomic E-state index is 6.05. The predicted molar refractivity (Wildman–Crippen MR) is 80.2 cm³/mol. The molecule has 1 fully saturated rings. The fourth-order valence-electron chi connectivity index (χ4n) is 3.17. The molecule has 0 aromatic rings. The maximum Gasteiger partial charge on any atom is 0.0487 e. The highest BCUT2D eigenvalue weighted by Crippen LogP contribution is 2.42. The largest absolute Gasteiger partial charge is 0.385 e. The summed E-state index contributed by atoms with van der Waals surface area (Å²) >= 11 is 0. The van der Waals surface area contributed by atoms with Gasteiger partial charge in [-0.25, -0.2) is 0 Å². The minimum absolute atomic E-state index is 0.354. The predicted octanol–water partition coefficient (Wildman–Crippen LogP) is 3.22. The van der Waals surface area contributed by atoms with Crippen molar-refractivity contribution in [2.75, 3.05) is 33.5 Å². The molecule has 0 amide bonds. The lowest BCUT2D eigenvalue weighted by Gasteiger charge is -2.40. The Morgan fingerprint density at radius 1 is 1.16 bits per heavy atom. The van der Waals surface area contributed by atoms with Crippen LogP contribution in [0, 0.1) is 17.3 Å². The molecule has 0 atom stereocenters. The van der Waals surface area contributed by atoms with Crippen molar-refractivity contribution in [2.24, 2.45) is 23.0 Å². The van der Waals surface area contributed by atoms with Crippen LogP contribution in [0.2, 0.25) is 0 Å². The second-order valence-corrected chi connectivity index (χ2v) is 6.49. The Kier molecular flexibility index (Phi) is 7.96. The third kappa shape index (κ3) is 5.80. The van der Waals surface area contributed by atoms with Crippen LogP contribution in [0.3, 0.4) is 0 Å². The number of hydrogen-bond acceptors (Lipinski definition) is 3. The van der Waals surface area contributed by atoms with Crippen LogP contribution in [0.15, 0.2) is 0 Å². The summed E-state index contributed by atoms with van der Waals surface area (Å²) in [5, 5.41) is 0. The van der Waals surface area contributed by atoms with Gasteiger partial charge in [0.05, 0.1) is 0 Å². The molecule has 0 radical (unpaired) electrons. The van der Waals surface area contributed by atoms with E-state index in [-0.39, 0.29) is 0 Å². The zero-order chi connectivity index (χ0) is 14.1. The van der Waals surface area contributed by atoms with Crippen molar-refractivity contribution in [1.29, 1.82) is 0 Å². The lowest BCUT2D eigenvalue weighted by molar-refractivity contribution is 0.0526. The van der Waals surface area contributed by atoms with E-state index in [1.807, 2.05) is 0 Å². The number of methoxy groups -OCH3 is 1. The standard InChI is InChI=1S/C16H33NO2/c1-14(2)15-5-7-16(13-17,8-6-15)9-12-19-11-4-10-18-3/h14-15H,4-13,17H2,1-3H3. The van der Waals surface area contributed by atoms with E-state index < -0.39 is 0 Å². The van der Waals surface area contributed by atoms with Gasteiger partial charge in [-0.1, -0.05) is 13.8 Å². The lowest BCUT2D eigenvalue weighted by Crippen LogP contribution is -2.37. The third-order valence-electron chi connectivity index (χ3n) is 4.88. The normalized spacial score (nSPS) is 27.9. The van der Waals surface area contributed by atoms with Crippen LogP contribution < -0.4 is 5.73 Å². The van der Waals surface area contributed by atoms with Gasteiger partial charge in [0.25, 0.3) is 0 Å². The molecule has 0 aliphatic heterocycles. The highest BCUT2D eigenvalue weighted by Gasteiger charge is 2.34. The lowest BCUT2D eigenvalue weighted by atomic mass is 9.66. The number of hydrogen-bond donors (Lipinski definition) is 1. The minimum atomic E-state index is 0.354. The minimum Gasteiger partial charge on any atom is -0.385 e. The van der Waals surface area contributed by atoms with Crippen molar-refractivity contribution in [1.82, 2.24) is 0 Å². The summed E-state index contributed by atoms with van der Waals surface area (Å²) in [5.74, 6) is 1.73. The van der Waals surface area contributed by atoms with E-state index in [0.717, 1.165) is 51.0 Å². The molecule has 0 saturated heterocycles. The van der Waals surface area contributed by atoms with Gasteiger partial charge in [0.1, 0.15) is 0 Å². The van der Waals surface area contributed by atoms with Gasteiger partial charge in [-0.05, 0) is 62.3 Å². The molecule has 1 aliphatic rings. The summed E-state index contributed by atoms with van der Waals surface area (Å²) in [6.07, 6.45) is 7.38. The average Bonchev–Trinajstić information content (AvgIpc) is 2.43. The van der Waals surface area contributed by atoms with Gasteiger partial charge in [-0.15, -0.1) is 0 Å². The number of ether oxygens (including phenoxy) is 2. The van der Waals surface area contributed by atoms with Crippen molar-refractivity contribution in [3.8, 4) is 0 Å². The number of nitrogens with two attached hydrogens (primary N) is 1. The van der Waals surface area contributed by atoms with E-state index in [4.69, 9.17) is 15.2 Å². The summed E-state index contributed by atoms with van der Waals surface area (Å²) in [5.41, 5.74) is 6.40. The molecule has 3 nitrogen and oxygen atoms in total. The van der Waals surface area contributed by atoms with E-state index in [2.05, 4.69) is 13.8 Å². The van der Waals surface area contributed by atoms with E-state index in [0.29, 0.717) is 5.41 Å². The molecule has 0 bridgehead atoms. The monoisotopic (exact) mass is 271 g/mol. The molecule has 3 heteroatoms. The highest BCUT2D eigenvalue weighted by atomic mass is 16.5. The molecular weight excluding hydrogens is 238 g/mol. The van der Waals surface area contributed by atoms with Gasteiger partial charge < -0.3 is 15.2 Å². The van der Waals surface area contributed by atoms with Gasteiger partial charge in [-0.3, -0.25) is 0 Å². The molecule has 0 aromatic heterocycles. The summed E-state index contributed by atoms with van der Waals surface area (Å²) in [6, 6.07) is 0. The van der Waals surface area contributed by atoms with Crippen molar-refractivity contribution in [3.63, 3.8) is 0 Å². The molecule has 19 heavy (non-hydrogen) atoms. The second-order valence-electron chi connectivity index (χ2n) is 6.49. The van der Waals surface area contributed by atoms with Crippen molar-refractivity contribution in [2.45, 2.75) is 52.4 Å². The molecule has 2 N–H and O–H groups in total. The van der Waals surface area contributed by atoms with E-state index in [9.17, 15) is 0 Å². The Morgan fingerprint density at radius 3 is 2.37 bits per heavy atom. The topological polar surface area (TPSA) is 44.5 Å². The van der Waals surface area contributed by atoms with E-state index >= 15 is 0 Å². The summed E-state index contributed by atoms with van der Waals surface area (Å²) in [6.45, 7) is 7.96. The zero-order valence-electron chi connectivity index (χ0n) is 13.1. The zero-order valence-corrected chi connectivity index (χ0v) is 13.1. The molecule has 1 saturated carbocycles. The van der Waals surface area contributed by atoms with Crippen molar-refractivity contribution >= 4 is 0 Å². The fraction of sp³-hybridized carbons (Fsp3) is 1.00.